The highest BCUT2D eigenvalue weighted by molar-refractivity contribution is 5.97. The standard InChI is InChI=1S/C21H23FN4O3/c1-12(25-20(28)29-21(2,3)4)19(27)26-18-8-5-13(10-24-18)16-11-23-17-9-14(22)6-7-15(16)17/h5-12,23H,1-4H3,(H,25,28)(H,24,26,27). The summed E-state index contributed by atoms with van der Waals surface area (Å²) in [5.41, 5.74) is 1.75. The van der Waals surface area contributed by atoms with Gasteiger partial charge in [0.15, 0.2) is 0 Å². The third kappa shape index (κ3) is 5.10. The van der Waals surface area contributed by atoms with Gasteiger partial charge in [0.05, 0.1) is 0 Å². The van der Waals surface area contributed by atoms with Crippen molar-refractivity contribution in [3.8, 4) is 11.1 Å². The lowest BCUT2D eigenvalue weighted by atomic mass is 10.1. The maximum Gasteiger partial charge on any atom is 0.408 e. The number of alkyl carbamates (subject to hydrolysis) is 1. The predicted octanol–water partition coefficient (Wildman–Crippen LogP) is 4.22. The fraction of sp³-hybridized carbons (Fsp3) is 0.286. The summed E-state index contributed by atoms with van der Waals surface area (Å²) < 4.78 is 18.5. The van der Waals surface area contributed by atoms with E-state index >= 15 is 0 Å². The van der Waals surface area contributed by atoms with Crippen LogP contribution in [0.5, 0.6) is 0 Å². The zero-order chi connectivity index (χ0) is 21.2. The Morgan fingerprint density at radius 1 is 1.21 bits per heavy atom. The van der Waals surface area contributed by atoms with Crippen LogP contribution in [-0.4, -0.2) is 33.6 Å². The van der Waals surface area contributed by atoms with E-state index in [1.807, 2.05) is 0 Å². The van der Waals surface area contributed by atoms with Crippen LogP contribution >= 0.6 is 0 Å². The molecule has 0 aliphatic heterocycles. The first-order chi connectivity index (χ1) is 13.6. The number of H-pyrrole nitrogens is 1. The number of aromatic amines is 1. The van der Waals surface area contributed by atoms with E-state index in [4.69, 9.17) is 4.74 Å². The molecule has 0 aliphatic carbocycles. The van der Waals surface area contributed by atoms with Gasteiger partial charge in [0.1, 0.15) is 23.3 Å². The van der Waals surface area contributed by atoms with Crippen molar-refractivity contribution in [1.82, 2.24) is 15.3 Å². The summed E-state index contributed by atoms with van der Waals surface area (Å²) in [4.78, 5) is 31.3. The number of ether oxygens (including phenoxy) is 1. The van der Waals surface area contributed by atoms with Crippen LogP contribution in [0.15, 0.2) is 42.7 Å². The number of amides is 2. The van der Waals surface area contributed by atoms with E-state index in [0.717, 1.165) is 16.5 Å². The summed E-state index contributed by atoms with van der Waals surface area (Å²) in [5.74, 6) is -0.377. The smallest absolute Gasteiger partial charge is 0.408 e. The molecule has 2 aromatic heterocycles. The fourth-order valence-corrected chi connectivity index (χ4v) is 2.75. The largest absolute Gasteiger partial charge is 0.444 e. The monoisotopic (exact) mass is 398 g/mol. The molecular weight excluding hydrogens is 375 g/mol. The van der Waals surface area contributed by atoms with Crippen LogP contribution in [0.1, 0.15) is 27.7 Å². The molecule has 1 aromatic carbocycles. The van der Waals surface area contributed by atoms with Gasteiger partial charge in [-0.05, 0) is 58.0 Å². The van der Waals surface area contributed by atoms with E-state index < -0.39 is 23.6 Å². The second-order valence-corrected chi connectivity index (χ2v) is 7.68. The third-order valence-electron chi connectivity index (χ3n) is 4.10. The molecule has 0 fully saturated rings. The van der Waals surface area contributed by atoms with Gasteiger partial charge in [-0.2, -0.15) is 0 Å². The molecule has 3 rings (SSSR count). The molecule has 0 radical (unpaired) electrons. The molecular formula is C21H23FN4O3. The molecule has 1 unspecified atom stereocenters. The van der Waals surface area contributed by atoms with Crippen molar-refractivity contribution >= 4 is 28.7 Å². The third-order valence-corrected chi connectivity index (χ3v) is 4.10. The molecule has 2 amide bonds. The molecule has 7 nitrogen and oxygen atoms in total. The Balaban J connectivity index is 1.65. The number of anilines is 1. The second-order valence-electron chi connectivity index (χ2n) is 7.68. The normalized spacial score (nSPS) is 12.4. The Hall–Kier alpha value is -3.42. The van der Waals surface area contributed by atoms with Crippen molar-refractivity contribution in [2.24, 2.45) is 0 Å². The molecule has 0 saturated heterocycles. The minimum atomic E-state index is -0.796. The van der Waals surface area contributed by atoms with Crippen molar-refractivity contribution in [2.45, 2.75) is 39.3 Å². The number of hydrogen-bond acceptors (Lipinski definition) is 4. The topological polar surface area (TPSA) is 96.1 Å². The summed E-state index contributed by atoms with van der Waals surface area (Å²) in [6, 6.07) is 7.21. The molecule has 0 saturated carbocycles. The highest BCUT2D eigenvalue weighted by Crippen LogP contribution is 2.29. The van der Waals surface area contributed by atoms with Crippen molar-refractivity contribution in [3.63, 3.8) is 0 Å². The van der Waals surface area contributed by atoms with Gasteiger partial charge in [0, 0.05) is 34.4 Å². The fourth-order valence-electron chi connectivity index (χ4n) is 2.75. The summed E-state index contributed by atoms with van der Waals surface area (Å²) in [6.45, 7) is 6.78. The first-order valence-electron chi connectivity index (χ1n) is 9.16. The van der Waals surface area contributed by atoms with E-state index in [1.165, 1.54) is 12.1 Å². The summed E-state index contributed by atoms with van der Waals surface area (Å²) in [7, 11) is 0. The van der Waals surface area contributed by atoms with Crippen molar-refractivity contribution in [3.05, 3.63) is 48.5 Å². The lowest BCUT2D eigenvalue weighted by Crippen LogP contribution is -2.44. The number of pyridine rings is 1. The molecule has 152 valence electrons. The molecule has 2 heterocycles. The SMILES string of the molecule is CC(NC(=O)OC(C)(C)C)C(=O)Nc1ccc(-c2c[nH]c3cc(F)ccc23)cn1. The first kappa shape index (κ1) is 20.3. The Labute approximate surface area is 167 Å². The maximum absolute atomic E-state index is 13.3. The van der Waals surface area contributed by atoms with Crippen molar-refractivity contribution < 1.29 is 18.7 Å². The quantitative estimate of drug-likeness (QED) is 0.613. The van der Waals surface area contributed by atoms with Crippen molar-refractivity contribution in [1.29, 1.82) is 0 Å². The maximum atomic E-state index is 13.3. The number of nitrogens with one attached hydrogen (secondary N) is 3. The summed E-state index contributed by atoms with van der Waals surface area (Å²) >= 11 is 0. The van der Waals surface area contributed by atoms with Gasteiger partial charge >= 0.3 is 6.09 Å². The molecule has 1 atom stereocenters. The number of hydrogen-bond donors (Lipinski definition) is 3. The average molecular weight is 398 g/mol. The molecule has 8 heteroatoms. The van der Waals surface area contributed by atoms with Gasteiger partial charge in [-0.1, -0.05) is 0 Å². The van der Waals surface area contributed by atoms with E-state index in [2.05, 4.69) is 20.6 Å². The van der Waals surface area contributed by atoms with Gasteiger partial charge in [-0.25, -0.2) is 14.2 Å². The summed E-state index contributed by atoms with van der Waals surface area (Å²) in [6.07, 6.45) is 2.74. The predicted molar refractivity (Wildman–Crippen MR) is 109 cm³/mol. The number of benzene rings is 1. The van der Waals surface area contributed by atoms with E-state index in [-0.39, 0.29) is 5.82 Å². The number of nitrogens with zero attached hydrogens (tertiary/aromatic N) is 1. The molecule has 3 aromatic rings. The van der Waals surface area contributed by atoms with E-state index in [0.29, 0.717) is 11.3 Å². The first-order valence-corrected chi connectivity index (χ1v) is 9.16. The lowest BCUT2D eigenvalue weighted by Gasteiger charge is -2.21. The van der Waals surface area contributed by atoms with Gasteiger partial charge in [-0.3, -0.25) is 4.79 Å². The Morgan fingerprint density at radius 3 is 2.62 bits per heavy atom. The number of aromatic nitrogens is 2. The number of rotatable bonds is 4. The highest BCUT2D eigenvalue weighted by atomic mass is 19.1. The Bertz CT molecular complexity index is 1040. The van der Waals surface area contributed by atoms with Gasteiger partial charge < -0.3 is 20.4 Å². The molecule has 29 heavy (non-hydrogen) atoms. The number of carbonyl (C=O) groups excluding carboxylic acids is 2. The zero-order valence-corrected chi connectivity index (χ0v) is 16.7. The second kappa shape index (κ2) is 7.90. The minimum absolute atomic E-state index is 0.309. The van der Waals surface area contributed by atoms with E-state index in [1.54, 1.807) is 58.3 Å². The van der Waals surface area contributed by atoms with Crippen LogP contribution in [0, 0.1) is 5.82 Å². The number of fused-ring (bicyclic) bond motifs is 1. The zero-order valence-electron chi connectivity index (χ0n) is 16.7. The van der Waals surface area contributed by atoms with Crippen LogP contribution in [0.3, 0.4) is 0 Å². The Morgan fingerprint density at radius 2 is 1.97 bits per heavy atom. The van der Waals surface area contributed by atoms with Gasteiger partial charge in [0.25, 0.3) is 0 Å². The van der Waals surface area contributed by atoms with Crippen LogP contribution in [0.4, 0.5) is 15.0 Å². The molecule has 0 spiro atoms. The van der Waals surface area contributed by atoms with Gasteiger partial charge in [-0.15, -0.1) is 0 Å². The van der Waals surface area contributed by atoms with Gasteiger partial charge in [0.2, 0.25) is 5.91 Å². The van der Waals surface area contributed by atoms with Crippen molar-refractivity contribution in [2.75, 3.05) is 5.32 Å². The van der Waals surface area contributed by atoms with Crippen LogP contribution < -0.4 is 10.6 Å². The number of carbonyl (C=O) groups is 2. The Kier molecular flexibility index (Phi) is 5.54. The minimum Gasteiger partial charge on any atom is -0.444 e. The van der Waals surface area contributed by atoms with Crippen LogP contribution in [-0.2, 0) is 9.53 Å². The average Bonchev–Trinajstić information content (AvgIpc) is 3.03. The molecule has 3 N–H and O–H groups in total. The van der Waals surface area contributed by atoms with Crippen LogP contribution in [0.2, 0.25) is 0 Å². The van der Waals surface area contributed by atoms with E-state index in [9.17, 15) is 14.0 Å². The molecule has 0 aliphatic rings. The lowest BCUT2D eigenvalue weighted by molar-refractivity contribution is -0.117. The summed E-state index contributed by atoms with van der Waals surface area (Å²) in [5, 5.41) is 6.00. The highest BCUT2D eigenvalue weighted by Gasteiger charge is 2.21. The van der Waals surface area contributed by atoms with Crippen LogP contribution in [0.25, 0.3) is 22.0 Å². The molecule has 0 bridgehead atoms. The number of halogens is 1.